The highest BCUT2D eigenvalue weighted by molar-refractivity contribution is 6.01. The van der Waals surface area contributed by atoms with Gasteiger partial charge in [0.25, 0.3) is 0 Å². The van der Waals surface area contributed by atoms with Crippen LogP contribution in [0.15, 0.2) is 35.0 Å². The molecule has 0 bridgehead atoms. The Hall–Kier alpha value is -1.64. The van der Waals surface area contributed by atoms with Crippen LogP contribution >= 0.6 is 0 Å². The lowest BCUT2D eigenvalue weighted by molar-refractivity contribution is 0.319. The van der Waals surface area contributed by atoms with Gasteiger partial charge in [0.2, 0.25) is 0 Å². The molecule has 0 fully saturated rings. The highest BCUT2D eigenvalue weighted by Gasteiger charge is 1.96. The van der Waals surface area contributed by atoms with Crippen molar-refractivity contribution in [1.82, 2.24) is 0 Å². The van der Waals surface area contributed by atoms with Crippen LogP contribution in [0.2, 0.25) is 0 Å². The smallest absolute Gasteiger partial charge is 0.123 e. The van der Waals surface area contributed by atoms with Gasteiger partial charge in [-0.15, -0.1) is 0 Å². The Morgan fingerprint density at radius 3 is 2.36 bits per heavy atom. The van der Waals surface area contributed by atoms with Crippen LogP contribution in [0, 0.1) is 5.82 Å². The van der Waals surface area contributed by atoms with Crippen molar-refractivity contribution >= 4 is 11.8 Å². The molecule has 74 valence electrons. The Balaban J connectivity index is 2.92. The molecular weight excluding hydrogens is 181 g/mol. The monoisotopic (exact) mass is 193 g/mol. The largest absolute Gasteiger partial charge is 0.411 e. The van der Waals surface area contributed by atoms with Gasteiger partial charge in [-0.1, -0.05) is 23.4 Å². The highest BCUT2D eigenvalue weighted by Crippen LogP contribution is 2.09. The zero-order valence-corrected chi connectivity index (χ0v) is 8.16. The van der Waals surface area contributed by atoms with Crippen LogP contribution in [0.4, 0.5) is 4.39 Å². The molecule has 0 saturated carbocycles. The molecule has 0 unspecified atom stereocenters. The van der Waals surface area contributed by atoms with Gasteiger partial charge < -0.3 is 5.21 Å². The zero-order valence-electron chi connectivity index (χ0n) is 8.16. The molecule has 0 atom stereocenters. The van der Waals surface area contributed by atoms with Gasteiger partial charge in [-0.3, -0.25) is 0 Å². The third kappa shape index (κ3) is 2.69. The number of oxime groups is 1. The molecule has 3 heteroatoms. The fraction of sp³-hybridized carbons (Fsp3) is 0.182. The maximum Gasteiger partial charge on any atom is 0.123 e. The Bertz CT molecular complexity index is 365. The minimum absolute atomic E-state index is 0.257. The topological polar surface area (TPSA) is 32.6 Å². The van der Waals surface area contributed by atoms with Crippen LogP contribution < -0.4 is 0 Å². The predicted octanol–water partition coefficient (Wildman–Crippen LogP) is 3.08. The first kappa shape index (κ1) is 10.4. The van der Waals surface area contributed by atoms with Crippen molar-refractivity contribution < 1.29 is 9.60 Å². The fourth-order valence-corrected chi connectivity index (χ4v) is 0.992. The number of hydrogen-bond donors (Lipinski definition) is 1. The predicted molar refractivity (Wildman–Crippen MR) is 54.9 cm³/mol. The summed E-state index contributed by atoms with van der Waals surface area (Å²) in [5, 5.41) is 11.6. The molecular formula is C11H12FNO. The van der Waals surface area contributed by atoms with E-state index in [1.165, 1.54) is 12.1 Å². The number of nitrogens with zero attached hydrogens (tertiary/aromatic N) is 1. The molecule has 0 aliphatic carbocycles. The van der Waals surface area contributed by atoms with E-state index >= 15 is 0 Å². The first-order valence-electron chi connectivity index (χ1n) is 4.26. The second kappa shape index (κ2) is 4.56. The van der Waals surface area contributed by atoms with Gasteiger partial charge in [0.1, 0.15) is 5.82 Å². The second-order valence-electron chi connectivity index (χ2n) is 3.06. The molecule has 0 spiro atoms. The van der Waals surface area contributed by atoms with E-state index in [4.69, 9.17) is 5.21 Å². The summed E-state index contributed by atoms with van der Waals surface area (Å²) >= 11 is 0. The molecule has 1 N–H and O–H groups in total. The van der Waals surface area contributed by atoms with Gasteiger partial charge in [0, 0.05) is 0 Å². The highest BCUT2D eigenvalue weighted by atomic mass is 19.1. The molecule has 0 amide bonds. The van der Waals surface area contributed by atoms with Crippen molar-refractivity contribution in [2.75, 3.05) is 0 Å². The number of allylic oxidation sites excluding steroid dienone is 1. The van der Waals surface area contributed by atoms with Crippen molar-refractivity contribution in [2.45, 2.75) is 13.8 Å². The average molecular weight is 193 g/mol. The van der Waals surface area contributed by atoms with Crippen LogP contribution in [0.25, 0.3) is 6.08 Å². The van der Waals surface area contributed by atoms with Crippen LogP contribution in [0.3, 0.4) is 0 Å². The summed E-state index contributed by atoms with van der Waals surface area (Å²) in [6.45, 7) is 3.54. The van der Waals surface area contributed by atoms with E-state index in [0.29, 0.717) is 5.71 Å². The lowest BCUT2D eigenvalue weighted by atomic mass is 10.1. The molecule has 1 aromatic rings. The molecule has 0 aliphatic heterocycles. The van der Waals surface area contributed by atoms with E-state index < -0.39 is 0 Å². The third-order valence-corrected chi connectivity index (χ3v) is 1.97. The quantitative estimate of drug-likeness (QED) is 0.437. The molecule has 0 radical (unpaired) electrons. The second-order valence-corrected chi connectivity index (χ2v) is 3.06. The summed E-state index contributed by atoms with van der Waals surface area (Å²) < 4.78 is 12.6. The molecule has 1 aromatic carbocycles. The van der Waals surface area contributed by atoms with Gasteiger partial charge in [-0.05, 0) is 37.1 Å². The van der Waals surface area contributed by atoms with Gasteiger partial charge >= 0.3 is 0 Å². The van der Waals surface area contributed by atoms with Gasteiger partial charge in [-0.25, -0.2) is 4.39 Å². The van der Waals surface area contributed by atoms with E-state index in [2.05, 4.69) is 5.16 Å². The van der Waals surface area contributed by atoms with Crippen LogP contribution in [-0.2, 0) is 0 Å². The van der Waals surface area contributed by atoms with Crippen LogP contribution in [-0.4, -0.2) is 10.9 Å². The van der Waals surface area contributed by atoms with E-state index in [9.17, 15) is 4.39 Å². The molecule has 0 saturated heterocycles. The molecule has 0 aromatic heterocycles. The van der Waals surface area contributed by atoms with E-state index in [0.717, 1.165) is 11.1 Å². The Labute approximate surface area is 82.4 Å². The molecule has 0 heterocycles. The maximum atomic E-state index is 12.6. The Morgan fingerprint density at radius 2 is 1.86 bits per heavy atom. The Kier molecular flexibility index (Phi) is 3.40. The summed E-state index contributed by atoms with van der Waals surface area (Å²) in [7, 11) is 0. The van der Waals surface area contributed by atoms with Crippen molar-refractivity contribution in [3.05, 3.63) is 41.2 Å². The van der Waals surface area contributed by atoms with Crippen molar-refractivity contribution in [1.29, 1.82) is 0 Å². The number of halogens is 1. The molecule has 2 nitrogen and oxygen atoms in total. The lowest BCUT2D eigenvalue weighted by Gasteiger charge is -1.98. The summed E-state index contributed by atoms with van der Waals surface area (Å²) in [6.07, 6.45) is 1.83. The first-order valence-corrected chi connectivity index (χ1v) is 4.26. The van der Waals surface area contributed by atoms with E-state index in [1.54, 1.807) is 19.1 Å². The van der Waals surface area contributed by atoms with Crippen molar-refractivity contribution in [3.8, 4) is 0 Å². The van der Waals surface area contributed by atoms with Gasteiger partial charge in [-0.2, -0.15) is 0 Å². The fourth-order valence-electron chi connectivity index (χ4n) is 0.992. The Morgan fingerprint density at radius 1 is 1.29 bits per heavy atom. The molecule has 0 aliphatic rings. The number of rotatable bonds is 2. The minimum Gasteiger partial charge on any atom is -0.411 e. The summed E-state index contributed by atoms with van der Waals surface area (Å²) in [5.41, 5.74) is 2.28. The summed E-state index contributed by atoms with van der Waals surface area (Å²) in [4.78, 5) is 0. The SMILES string of the molecule is CC(=NO)/C(C)=C/c1ccc(F)cc1. The van der Waals surface area contributed by atoms with Crippen LogP contribution in [0.1, 0.15) is 19.4 Å². The van der Waals surface area contributed by atoms with Crippen LogP contribution in [0.5, 0.6) is 0 Å². The van der Waals surface area contributed by atoms with Gasteiger partial charge in [0.05, 0.1) is 5.71 Å². The summed E-state index contributed by atoms with van der Waals surface area (Å²) in [5.74, 6) is -0.257. The molecule has 14 heavy (non-hydrogen) atoms. The normalized spacial score (nSPS) is 13.1. The average Bonchev–Trinajstić information content (AvgIpc) is 2.20. The first-order chi connectivity index (χ1) is 6.63. The van der Waals surface area contributed by atoms with E-state index in [1.807, 2.05) is 13.0 Å². The van der Waals surface area contributed by atoms with Crippen molar-refractivity contribution in [2.24, 2.45) is 5.16 Å². The number of hydrogen-bond acceptors (Lipinski definition) is 2. The minimum atomic E-state index is -0.257. The standard InChI is InChI=1S/C11H12FNO/c1-8(9(2)13-14)7-10-3-5-11(12)6-4-10/h3-7,14H,1-2H3/b8-7+,13-9?. The number of benzene rings is 1. The third-order valence-electron chi connectivity index (χ3n) is 1.97. The maximum absolute atomic E-state index is 12.6. The van der Waals surface area contributed by atoms with E-state index in [-0.39, 0.29) is 5.82 Å². The lowest BCUT2D eigenvalue weighted by Crippen LogP contribution is -1.92. The molecule has 1 rings (SSSR count). The zero-order chi connectivity index (χ0) is 10.6. The van der Waals surface area contributed by atoms with Gasteiger partial charge in [0.15, 0.2) is 0 Å². The van der Waals surface area contributed by atoms with Crippen molar-refractivity contribution in [3.63, 3.8) is 0 Å². The summed E-state index contributed by atoms with van der Waals surface area (Å²) in [6, 6.07) is 6.13.